The Balaban J connectivity index is 2.02. The summed E-state index contributed by atoms with van der Waals surface area (Å²) in [6.07, 6.45) is 1.96. The molecule has 2 heterocycles. The molecular formula is C18H18N2OS2. The molecule has 0 aliphatic carbocycles. The Hall–Kier alpha value is -1.85. The number of amides is 1. The quantitative estimate of drug-likeness (QED) is 0.614. The molecule has 0 radical (unpaired) electrons. The third kappa shape index (κ3) is 2.86. The van der Waals surface area contributed by atoms with E-state index in [-0.39, 0.29) is 5.91 Å². The minimum Gasteiger partial charge on any atom is -0.318 e. The molecule has 0 spiro atoms. The van der Waals surface area contributed by atoms with Crippen LogP contribution in [0.2, 0.25) is 0 Å². The van der Waals surface area contributed by atoms with Crippen LogP contribution in [0.1, 0.15) is 23.9 Å². The highest BCUT2D eigenvalue weighted by Crippen LogP contribution is 2.33. The summed E-state index contributed by atoms with van der Waals surface area (Å²) < 4.78 is 2.84. The van der Waals surface area contributed by atoms with Crippen LogP contribution in [0.15, 0.2) is 41.3 Å². The van der Waals surface area contributed by atoms with E-state index >= 15 is 0 Å². The monoisotopic (exact) mass is 342 g/mol. The summed E-state index contributed by atoms with van der Waals surface area (Å²) >= 11 is 6.65. The summed E-state index contributed by atoms with van der Waals surface area (Å²) in [5.74, 6) is 0.00649. The van der Waals surface area contributed by atoms with Gasteiger partial charge in [0.15, 0.2) is 0 Å². The molecule has 5 heteroatoms. The molecule has 3 nitrogen and oxygen atoms in total. The smallest absolute Gasteiger partial charge is 0.266 e. The third-order valence-electron chi connectivity index (χ3n) is 3.96. The van der Waals surface area contributed by atoms with Crippen LogP contribution in [0.25, 0.3) is 11.8 Å². The lowest BCUT2D eigenvalue weighted by atomic mass is 10.2. The molecule has 1 aromatic carbocycles. The fourth-order valence-corrected chi connectivity index (χ4v) is 4.20. The fourth-order valence-electron chi connectivity index (χ4n) is 2.82. The van der Waals surface area contributed by atoms with E-state index in [0.717, 1.165) is 22.6 Å². The number of carbonyl (C=O) groups is 1. The summed E-state index contributed by atoms with van der Waals surface area (Å²) in [6, 6.07) is 12.3. The lowest BCUT2D eigenvalue weighted by Gasteiger charge is -2.10. The Morgan fingerprint density at radius 2 is 1.91 bits per heavy atom. The second-order valence-corrected chi connectivity index (χ2v) is 7.10. The zero-order chi connectivity index (χ0) is 16.6. The lowest BCUT2D eigenvalue weighted by molar-refractivity contribution is -0.121. The number of thioether (sulfide) groups is 1. The van der Waals surface area contributed by atoms with Crippen molar-refractivity contribution in [2.45, 2.75) is 20.8 Å². The average molecular weight is 342 g/mol. The van der Waals surface area contributed by atoms with Gasteiger partial charge in [0.25, 0.3) is 5.91 Å². The Bertz CT molecular complexity index is 806. The van der Waals surface area contributed by atoms with Gasteiger partial charge < -0.3 is 4.57 Å². The highest BCUT2D eigenvalue weighted by atomic mass is 32.2. The Morgan fingerprint density at radius 1 is 1.22 bits per heavy atom. The maximum Gasteiger partial charge on any atom is 0.266 e. The van der Waals surface area contributed by atoms with Gasteiger partial charge in [0, 0.05) is 23.6 Å². The molecule has 1 fully saturated rings. The first kappa shape index (κ1) is 16.0. The van der Waals surface area contributed by atoms with Crippen molar-refractivity contribution in [3.8, 4) is 5.69 Å². The van der Waals surface area contributed by atoms with E-state index < -0.39 is 0 Å². The molecule has 0 N–H and O–H groups in total. The Kier molecular flexibility index (Phi) is 4.41. The van der Waals surface area contributed by atoms with Gasteiger partial charge in [0.05, 0.1) is 4.91 Å². The summed E-state index contributed by atoms with van der Waals surface area (Å²) in [7, 11) is 0. The molecule has 1 aromatic heterocycles. The number of aryl methyl sites for hydroxylation is 1. The number of para-hydroxylation sites is 1. The molecule has 0 saturated carbocycles. The van der Waals surface area contributed by atoms with Gasteiger partial charge >= 0.3 is 0 Å². The number of thiocarbonyl (C=S) groups is 1. The minimum absolute atomic E-state index is 0.00649. The number of likely N-dealkylation sites (N-methyl/N-ethyl adjacent to an activating group) is 1. The maximum absolute atomic E-state index is 12.4. The van der Waals surface area contributed by atoms with Gasteiger partial charge in [-0.15, -0.1) is 0 Å². The topological polar surface area (TPSA) is 25.2 Å². The van der Waals surface area contributed by atoms with Crippen LogP contribution in [0.4, 0.5) is 0 Å². The van der Waals surface area contributed by atoms with Crippen molar-refractivity contribution in [1.29, 1.82) is 0 Å². The molecule has 3 rings (SSSR count). The van der Waals surface area contributed by atoms with Crippen molar-refractivity contribution < 1.29 is 4.79 Å². The molecule has 1 saturated heterocycles. The largest absolute Gasteiger partial charge is 0.318 e. The molecule has 2 aromatic rings. The van der Waals surface area contributed by atoms with Crippen molar-refractivity contribution >= 4 is 40.3 Å². The summed E-state index contributed by atoms with van der Waals surface area (Å²) in [5, 5.41) is 0. The van der Waals surface area contributed by atoms with Crippen LogP contribution in [-0.4, -0.2) is 26.2 Å². The van der Waals surface area contributed by atoms with E-state index in [0.29, 0.717) is 15.8 Å². The molecule has 0 unspecified atom stereocenters. The highest BCUT2D eigenvalue weighted by Gasteiger charge is 2.30. The van der Waals surface area contributed by atoms with E-state index in [4.69, 9.17) is 12.2 Å². The first-order valence-electron chi connectivity index (χ1n) is 7.52. The van der Waals surface area contributed by atoms with Crippen LogP contribution in [0, 0.1) is 13.8 Å². The van der Waals surface area contributed by atoms with Crippen molar-refractivity contribution in [3.05, 3.63) is 58.3 Å². The predicted molar refractivity (Wildman–Crippen MR) is 101 cm³/mol. The third-order valence-corrected chi connectivity index (χ3v) is 5.34. The van der Waals surface area contributed by atoms with E-state index in [1.807, 2.05) is 31.2 Å². The zero-order valence-electron chi connectivity index (χ0n) is 13.4. The van der Waals surface area contributed by atoms with Crippen molar-refractivity contribution in [1.82, 2.24) is 9.47 Å². The van der Waals surface area contributed by atoms with Gasteiger partial charge in [-0.25, -0.2) is 0 Å². The number of aromatic nitrogens is 1. The van der Waals surface area contributed by atoms with Crippen LogP contribution >= 0.6 is 24.0 Å². The standard InChI is InChI=1S/C18H18N2OS2/c1-4-19-17(21)16(23-18(19)22)11-14-10-12(2)20(13(14)3)15-8-6-5-7-9-15/h5-11H,4H2,1-3H3/b16-11-. The first-order chi connectivity index (χ1) is 11.0. The number of benzene rings is 1. The summed E-state index contributed by atoms with van der Waals surface area (Å²) in [6.45, 7) is 6.71. The molecule has 118 valence electrons. The molecular weight excluding hydrogens is 324 g/mol. The number of rotatable bonds is 3. The van der Waals surface area contributed by atoms with E-state index in [1.165, 1.54) is 11.8 Å². The normalized spacial score (nSPS) is 16.7. The van der Waals surface area contributed by atoms with Gasteiger partial charge in [-0.1, -0.05) is 42.2 Å². The van der Waals surface area contributed by atoms with Crippen LogP contribution in [-0.2, 0) is 4.79 Å². The summed E-state index contributed by atoms with van der Waals surface area (Å²) in [5.41, 5.74) is 4.45. The second kappa shape index (κ2) is 6.34. The van der Waals surface area contributed by atoms with Gasteiger partial charge in [0.2, 0.25) is 0 Å². The minimum atomic E-state index is 0.00649. The van der Waals surface area contributed by atoms with Crippen LogP contribution in [0.3, 0.4) is 0 Å². The first-order valence-corrected chi connectivity index (χ1v) is 8.75. The molecule has 1 aliphatic rings. The van der Waals surface area contributed by atoms with Gasteiger partial charge in [-0.05, 0) is 50.6 Å². The van der Waals surface area contributed by atoms with Crippen LogP contribution in [0.5, 0.6) is 0 Å². The van der Waals surface area contributed by atoms with Crippen molar-refractivity contribution in [3.63, 3.8) is 0 Å². The van der Waals surface area contributed by atoms with E-state index in [1.54, 1.807) is 4.90 Å². The van der Waals surface area contributed by atoms with Gasteiger partial charge in [-0.2, -0.15) is 0 Å². The van der Waals surface area contributed by atoms with Crippen LogP contribution < -0.4 is 0 Å². The highest BCUT2D eigenvalue weighted by molar-refractivity contribution is 8.26. The van der Waals surface area contributed by atoms with Crippen molar-refractivity contribution in [2.24, 2.45) is 0 Å². The maximum atomic E-state index is 12.4. The van der Waals surface area contributed by atoms with E-state index in [9.17, 15) is 4.79 Å². The summed E-state index contributed by atoms with van der Waals surface area (Å²) in [4.78, 5) is 14.7. The molecule has 1 aliphatic heterocycles. The molecule has 0 atom stereocenters. The fraction of sp³-hybridized carbons (Fsp3) is 0.222. The zero-order valence-corrected chi connectivity index (χ0v) is 15.0. The SMILES string of the molecule is CCN1C(=O)/C(=C/c2cc(C)n(-c3ccccc3)c2C)SC1=S. The molecule has 1 amide bonds. The molecule has 23 heavy (non-hydrogen) atoms. The van der Waals surface area contributed by atoms with Gasteiger partial charge in [0.1, 0.15) is 4.32 Å². The van der Waals surface area contributed by atoms with Gasteiger partial charge in [-0.3, -0.25) is 9.69 Å². The lowest BCUT2D eigenvalue weighted by Crippen LogP contribution is -2.27. The molecule has 0 bridgehead atoms. The Morgan fingerprint density at radius 3 is 2.52 bits per heavy atom. The average Bonchev–Trinajstić information content (AvgIpc) is 2.96. The number of carbonyl (C=O) groups excluding carboxylic acids is 1. The van der Waals surface area contributed by atoms with Crippen molar-refractivity contribution in [2.75, 3.05) is 6.54 Å². The number of hydrogen-bond acceptors (Lipinski definition) is 3. The van der Waals surface area contributed by atoms with E-state index in [2.05, 4.69) is 36.6 Å². The second-order valence-electron chi connectivity index (χ2n) is 5.42. The number of hydrogen-bond donors (Lipinski definition) is 0. The predicted octanol–water partition coefficient (Wildman–Crippen LogP) is 4.32. The number of nitrogens with zero attached hydrogens (tertiary/aromatic N) is 2. The Labute approximate surface area is 146 Å².